The largest absolute Gasteiger partial charge is 0.273 e. The summed E-state index contributed by atoms with van der Waals surface area (Å²) < 4.78 is 26.2. The summed E-state index contributed by atoms with van der Waals surface area (Å²) in [5.41, 5.74) is 2.12. The smallest absolute Gasteiger partial charge is 0.123 e. The minimum atomic E-state index is -0.228. The maximum absolute atomic E-state index is 13.1. The van der Waals surface area contributed by atoms with E-state index in [4.69, 9.17) is 6.42 Å². The Labute approximate surface area is 147 Å². The third kappa shape index (κ3) is 5.10. The van der Waals surface area contributed by atoms with Crippen LogP contribution >= 0.6 is 0 Å². The fraction of sp³-hybridized carbons (Fsp3) is 0.300. The Morgan fingerprint density at radius 1 is 0.720 bits per heavy atom. The number of halogens is 2. The molecule has 1 aliphatic rings. The van der Waals surface area contributed by atoms with Crippen molar-refractivity contribution in [1.29, 1.82) is 0 Å². The Morgan fingerprint density at radius 3 is 1.52 bits per heavy atom. The number of rotatable bonds is 5. The average Bonchev–Trinajstić information content (AvgIpc) is 2.59. The molecule has 3 nitrogen and oxygen atoms in total. The van der Waals surface area contributed by atoms with Crippen molar-refractivity contribution < 1.29 is 8.78 Å². The zero-order valence-corrected chi connectivity index (χ0v) is 14.0. The Balaban J connectivity index is 1.67. The normalized spacial score (nSPS) is 16.7. The van der Waals surface area contributed by atoms with Gasteiger partial charge in [-0.05, 0) is 35.4 Å². The number of benzene rings is 2. The molecule has 0 amide bonds. The molecular weight excluding hydrogens is 320 g/mol. The Kier molecular flexibility index (Phi) is 5.77. The number of nitrogens with zero attached hydrogens (tertiary/aromatic N) is 3. The first-order valence-electron chi connectivity index (χ1n) is 8.22. The molecule has 1 aliphatic heterocycles. The third-order valence-electron chi connectivity index (χ3n) is 4.15. The second kappa shape index (κ2) is 8.21. The van der Waals surface area contributed by atoms with Crippen LogP contribution in [-0.4, -0.2) is 41.3 Å². The fourth-order valence-corrected chi connectivity index (χ4v) is 3.11. The molecule has 1 heterocycles. The Morgan fingerprint density at radius 2 is 1.12 bits per heavy atom. The van der Waals surface area contributed by atoms with Gasteiger partial charge in [-0.25, -0.2) is 8.78 Å². The Bertz CT molecular complexity index is 667. The van der Waals surface area contributed by atoms with Crippen LogP contribution in [0.4, 0.5) is 8.78 Å². The lowest BCUT2D eigenvalue weighted by Gasteiger charge is -2.41. The summed E-state index contributed by atoms with van der Waals surface area (Å²) >= 11 is 0. The molecule has 0 aliphatic carbocycles. The second-order valence-electron chi connectivity index (χ2n) is 6.37. The minimum Gasteiger partial charge on any atom is -0.273 e. The molecule has 5 heteroatoms. The summed E-state index contributed by atoms with van der Waals surface area (Å²) in [5, 5.41) is 0. The molecule has 1 saturated heterocycles. The van der Waals surface area contributed by atoms with Crippen LogP contribution in [0, 0.1) is 24.0 Å². The van der Waals surface area contributed by atoms with Crippen LogP contribution < -0.4 is 0 Å². The Hall–Kier alpha value is -2.26. The monoisotopic (exact) mass is 341 g/mol. The molecule has 0 unspecified atom stereocenters. The van der Waals surface area contributed by atoms with Crippen molar-refractivity contribution in [2.45, 2.75) is 13.1 Å². The molecule has 0 aromatic heterocycles. The van der Waals surface area contributed by atoms with Crippen LogP contribution in [0.15, 0.2) is 48.5 Å². The van der Waals surface area contributed by atoms with E-state index in [0.717, 1.165) is 44.2 Å². The van der Waals surface area contributed by atoms with Gasteiger partial charge < -0.3 is 0 Å². The predicted molar refractivity (Wildman–Crippen MR) is 94.0 cm³/mol. The van der Waals surface area contributed by atoms with Crippen molar-refractivity contribution in [1.82, 2.24) is 14.7 Å². The highest BCUT2D eigenvalue weighted by Crippen LogP contribution is 2.15. The molecule has 0 atom stereocenters. The molecule has 130 valence electrons. The van der Waals surface area contributed by atoms with E-state index >= 15 is 0 Å². The molecule has 0 N–H and O–H groups in total. The van der Waals surface area contributed by atoms with E-state index in [1.54, 1.807) is 24.3 Å². The van der Waals surface area contributed by atoms with E-state index in [9.17, 15) is 8.78 Å². The van der Waals surface area contributed by atoms with Crippen LogP contribution in [0.1, 0.15) is 11.1 Å². The highest BCUT2D eigenvalue weighted by atomic mass is 19.1. The van der Waals surface area contributed by atoms with E-state index in [2.05, 4.69) is 20.6 Å². The summed E-state index contributed by atoms with van der Waals surface area (Å²) in [4.78, 5) is 6.70. The lowest BCUT2D eigenvalue weighted by atomic mass is 10.2. The predicted octanol–water partition coefficient (Wildman–Crippen LogP) is 3.09. The number of terminal acetylenes is 1. The third-order valence-corrected chi connectivity index (χ3v) is 4.15. The first-order valence-corrected chi connectivity index (χ1v) is 8.22. The molecule has 3 rings (SSSR count). The van der Waals surface area contributed by atoms with Crippen LogP contribution in [0.5, 0.6) is 0 Å². The fourth-order valence-electron chi connectivity index (χ4n) is 3.11. The average molecular weight is 341 g/mol. The van der Waals surface area contributed by atoms with Gasteiger partial charge in [0.1, 0.15) is 11.6 Å². The van der Waals surface area contributed by atoms with Crippen LogP contribution in [0.25, 0.3) is 0 Å². The summed E-state index contributed by atoms with van der Waals surface area (Å²) in [7, 11) is 0. The molecule has 2 aromatic rings. The van der Waals surface area contributed by atoms with Crippen molar-refractivity contribution in [3.63, 3.8) is 0 Å². The molecule has 0 bridgehead atoms. The van der Waals surface area contributed by atoms with E-state index in [1.807, 2.05) is 0 Å². The topological polar surface area (TPSA) is 9.72 Å². The lowest BCUT2D eigenvalue weighted by molar-refractivity contribution is -0.0314. The first kappa shape index (κ1) is 17.6. The van der Waals surface area contributed by atoms with Crippen molar-refractivity contribution in [2.75, 3.05) is 26.6 Å². The zero-order valence-electron chi connectivity index (χ0n) is 14.0. The molecular formula is C20H21F2N3. The van der Waals surface area contributed by atoms with Crippen molar-refractivity contribution in [3.8, 4) is 12.3 Å². The highest BCUT2D eigenvalue weighted by molar-refractivity contribution is 5.17. The lowest BCUT2D eigenvalue weighted by Crippen LogP contribution is -2.54. The molecule has 25 heavy (non-hydrogen) atoms. The van der Waals surface area contributed by atoms with Crippen molar-refractivity contribution in [2.24, 2.45) is 0 Å². The van der Waals surface area contributed by atoms with Gasteiger partial charge in [0.05, 0.1) is 26.6 Å². The second-order valence-corrected chi connectivity index (χ2v) is 6.37. The maximum Gasteiger partial charge on any atom is 0.123 e. The highest BCUT2D eigenvalue weighted by Gasteiger charge is 2.23. The van der Waals surface area contributed by atoms with Gasteiger partial charge in [0.25, 0.3) is 0 Å². The van der Waals surface area contributed by atoms with Crippen LogP contribution in [0.2, 0.25) is 0 Å². The summed E-state index contributed by atoms with van der Waals surface area (Å²) in [6.07, 6.45) is 5.48. The number of hydrogen-bond acceptors (Lipinski definition) is 3. The molecule has 1 fully saturated rings. The van der Waals surface area contributed by atoms with Gasteiger partial charge in [-0.15, -0.1) is 6.42 Å². The minimum absolute atomic E-state index is 0.228. The van der Waals surface area contributed by atoms with E-state index < -0.39 is 0 Å². The quantitative estimate of drug-likeness (QED) is 0.774. The van der Waals surface area contributed by atoms with E-state index in [-0.39, 0.29) is 11.6 Å². The molecule has 0 spiro atoms. The standard InChI is InChI=1S/C20H21F2N3/c1-2-11-23-14-24(12-17-3-7-19(21)8-4-17)16-25(15-23)13-18-5-9-20(22)10-6-18/h1,3-10H,11-16H2. The van der Waals surface area contributed by atoms with Gasteiger partial charge in [0.15, 0.2) is 0 Å². The first-order chi connectivity index (χ1) is 12.1. The van der Waals surface area contributed by atoms with Gasteiger partial charge in [0.2, 0.25) is 0 Å². The van der Waals surface area contributed by atoms with Crippen molar-refractivity contribution >= 4 is 0 Å². The molecule has 0 saturated carbocycles. The zero-order chi connectivity index (χ0) is 17.6. The van der Waals surface area contributed by atoms with Gasteiger partial charge in [-0.2, -0.15) is 0 Å². The maximum atomic E-state index is 13.1. The van der Waals surface area contributed by atoms with Gasteiger partial charge in [-0.1, -0.05) is 30.2 Å². The SMILES string of the molecule is C#CCN1CN(Cc2ccc(F)cc2)CN(Cc2ccc(F)cc2)C1. The summed E-state index contributed by atoms with van der Waals surface area (Å²) in [6, 6.07) is 13.1. The van der Waals surface area contributed by atoms with Gasteiger partial charge >= 0.3 is 0 Å². The molecule has 0 radical (unpaired) electrons. The van der Waals surface area contributed by atoms with Crippen LogP contribution in [-0.2, 0) is 13.1 Å². The van der Waals surface area contributed by atoms with Crippen molar-refractivity contribution in [3.05, 3.63) is 71.3 Å². The van der Waals surface area contributed by atoms with E-state index in [1.165, 1.54) is 24.3 Å². The van der Waals surface area contributed by atoms with Gasteiger partial charge in [-0.3, -0.25) is 14.7 Å². The number of hydrogen-bond donors (Lipinski definition) is 0. The summed E-state index contributed by atoms with van der Waals surface area (Å²) in [5.74, 6) is 2.24. The van der Waals surface area contributed by atoms with Crippen LogP contribution in [0.3, 0.4) is 0 Å². The van der Waals surface area contributed by atoms with E-state index in [0.29, 0.717) is 6.54 Å². The van der Waals surface area contributed by atoms with Gasteiger partial charge in [0, 0.05) is 13.1 Å². The molecule has 2 aromatic carbocycles. The summed E-state index contributed by atoms with van der Waals surface area (Å²) in [6.45, 7) is 4.32.